The topological polar surface area (TPSA) is 77.2 Å². The summed E-state index contributed by atoms with van der Waals surface area (Å²) in [6.07, 6.45) is 5.61. The number of furan rings is 1. The molecule has 0 saturated heterocycles. The molecule has 3 heterocycles. The maximum atomic E-state index is 12.9. The van der Waals surface area contributed by atoms with Crippen LogP contribution in [-0.4, -0.2) is 52.0 Å². The van der Waals surface area contributed by atoms with Crippen LogP contribution in [0.4, 0.5) is 14.5 Å². The number of anilines is 1. The molecule has 29 heavy (non-hydrogen) atoms. The molecule has 0 unspecified atom stereocenters. The first-order valence-electron chi connectivity index (χ1n) is 7.80. The summed E-state index contributed by atoms with van der Waals surface area (Å²) in [5.41, 5.74) is 0.690. The summed E-state index contributed by atoms with van der Waals surface area (Å²) in [5.74, 6) is -0.770. The summed E-state index contributed by atoms with van der Waals surface area (Å²) in [6, 6.07) is 4.13. The molecule has 0 bridgehead atoms. The molecule has 6 nitrogen and oxygen atoms in total. The fourth-order valence-electron chi connectivity index (χ4n) is 2.79. The Bertz CT molecular complexity index is 1200. The summed E-state index contributed by atoms with van der Waals surface area (Å²) < 4.78 is 35.6. The number of amides is 1. The number of aromatic nitrogens is 2. The Morgan fingerprint density at radius 1 is 1.10 bits per heavy atom. The van der Waals surface area contributed by atoms with E-state index in [0.717, 1.165) is 0 Å². The van der Waals surface area contributed by atoms with Gasteiger partial charge in [0.15, 0.2) is 11.3 Å². The number of nitrogens with zero attached hydrogens (tertiary/aromatic N) is 2. The van der Waals surface area contributed by atoms with Crippen LogP contribution in [0.15, 0.2) is 47.4 Å². The minimum atomic E-state index is -3.05. The van der Waals surface area contributed by atoms with Gasteiger partial charge in [-0.3, -0.25) is 14.8 Å². The second-order valence-corrected chi connectivity index (χ2v) is 6.41. The number of hydrogen-bond donors (Lipinski definition) is 1. The molecule has 3 aromatic heterocycles. The van der Waals surface area contributed by atoms with E-state index in [0.29, 0.717) is 11.0 Å². The molecular formula is C18H10Cl2F2N3NaO3. The number of benzene rings is 1. The van der Waals surface area contributed by atoms with Crippen LogP contribution in [0, 0.1) is 0 Å². The first kappa shape index (κ1) is 21.7. The predicted molar refractivity (Wildman–Crippen MR) is 108 cm³/mol. The normalized spacial score (nSPS) is 10.9. The Kier molecular flexibility index (Phi) is 6.60. The van der Waals surface area contributed by atoms with Gasteiger partial charge in [0.25, 0.3) is 5.91 Å². The van der Waals surface area contributed by atoms with Gasteiger partial charge in [0.1, 0.15) is 5.58 Å². The van der Waals surface area contributed by atoms with Crippen molar-refractivity contribution < 1.29 is 22.7 Å². The number of halogens is 4. The van der Waals surface area contributed by atoms with E-state index in [1.165, 1.54) is 36.9 Å². The summed E-state index contributed by atoms with van der Waals surface area (Å²) in [7, 11) is 0. The summed E-state index contributed by atoms with van der Waals surface area (Å²) in [4.78, 5) is 20.7. The van der Waals surface area contributed by atoms with E-state index in [1.54, 1.807) is 6.07 Å². The van der Waals surface area contributed by atoms with Gasteiger partial charge in [-0.25, -0.2) is 0 Å². The van der Waals surface area contributed by atoms with Crippen molar-refractivity contribution in [2.45, 2.75) is 6.61 Å². The molecule has 1 N–H and O–H groups in total. The van der Waals surface area contributed by atoms with Crippen molar-refractivity contribution in [3.63, 3.8) is 0 Å². The Balaban J connectivity index is 0.00000240. The predicted octanol–water partition coefficient (Wildman–Crippen LogP) is 4.89. The van der Waals surface area contributed by atoms with Gasteiger partial charge < -0.3 is 14.5 Å². The van der Waals surface area contributed by atoms with Crippen LogP contribution >= 0.6 is 23.2 Å². The van der Waals surface area contributed by atoms with Crippen LogP contribution in [-0.2, 0) is 0 Å². The van der Waals surface area contributed by atoms with Gasteiger partial charge >= 0.3 is 36.2 Å². The molecule has 1 amide bonds. The number of nitrogens with one attached hydrogen (secondary N) is 1. The van der Waals surface area contributed by atoms with Crippen molar-refractivity contribution >= 4 is 86.3 Å². The fraction of sp³-hybridized carbons (Fsp3) is 0.0556. The molecule has 4 rings (SSSR count). The van der Waals surface area contributed by atoms with Gasteiger partial charge in [-0.2, -0.15) is 8.78 Å². The number of pyridine rings is 2. The van der Waals surface area contributed by atoms with Crippen molar-refractivity contribution in [2.24, 2.45) is 0 Å². The van der Waals surface area contributed by atoms with E-state index in [9.17, 15) is 13.6 Å². The molecule has 1 aromatic carbocycles. The van der Waals surface area contributed by atoms with E-state index < -0.39 is 12.5 Å². The van der Waals surface area contributed by atoms with E-state index in [-0.39, 0.29) is 67.6 Å². The molecule has 0 aliphatic carbocycles. The second kappa shape index (κ2) is 8.81. The third kappa shape index (κ3) is 4.17. The molecule has 11 heteroatoms. The first-order chi connectivity index (χ1) is 13.5. The number of hydrogen-bond acceptors (Lipinski definition) is 5. The van der Waals surface area contributed by atoms with Crippen LogP contribution < -0.4 is 10.1 Å². The van der Waals surface area contributed by atoms with E-state index >= 15 is 0 Å². The molecule has 0 aliphatic rings. The molecule has 0 fully saturated rings. The van der Waals surface area contributed by atoms with Crippen molar-refractivity contribution in [2.75, 3.05) is 5.32 Å². The molecule has 0 spiro atoms. The zero-order valence-electron chi connectivity index (χ0n) is 13.7. The summed E-state index contributed by atoms with van der Waals surface area (Å²) in [6.45, 7) is -3.05. The summed E-state index contributed by atoms with van der Waals surface area (Å²) in [5, 5.41) is 3.65. The van der Waals surface area contributed by atoms with Gasteiger partial charge in [-0.05, 0) is 18.2 Å². The zero-order valence-corrected chi connectivity index (χ0v) is 15.3. The number of fused-ring (bicyclic) bond motifs is 3. The fourth-order valence-corrected chi connectivity index (χ4v) is 3.25. The van der Waals surface area contributed by atoms with E-state index in [2.05, 4.69) is 20.0 Å². The van der Waals surface area contributed by atoms with Crippen LogP contribution in [0.5, 0.6) is 5.75 Å². The van der Waals surface area contributed by atoms with Crippen molar-refractivity contribution in [1.82, 2.24) is 9.97 Å². The Morgan fingerprint density at radius 3 is 2.52 bits per heavy atom. The van der Waals surface area contributed by atoms with E-state index in [4.69, 9.17) is 27.6 Å². The standard InChI is InChI=1S/C18H9Cl2F2N3O3.Na.H/c19-10-6-24-7-11(20)15(10)25-17(26)8-1-2-13(28-18(21)22)16-14(8)9-5-23-4-3-12(9)27-16;;/h1-7,18H,(H,24,25,26);;. The van der Waals surface area contributed by atoms with Crippen LogP contribution in [0.1, 0.15) is 10.4 Å². The minimum absolute atomic E-state index is 0. The van der Waals surface area contributed by atoms with Crippen molar-refractivity contribution in [3.8, 4) is 5.75 Å². The zero-order chi connectivity index (χ0) is 19.8. The van der Waals surface area contributed by atoms with Gasteiger partial charge in [-0.15, -0.1) is 0 Å². The number of rotatable bonds is 4. The Morgan fingerprint density at radius 2 is 1.83 bits per heavy atom. The van der Waals surface area contributed by atoms with Gasteiger partial charge in [0.2, 0.25) is 0 Å². The van der Waals surface area contributed by atoms with Gasteiger partial charge in [-0.1, -0.05) is 23.2 Å². The van der Waals surface area contributed by atoms with Gasteiger partial charge in [0.05, 0.1) is 21.3 Å². The number of carbonyl (C=O) groups is 1. The molecule has 0 atom stereocenters. The third-order valence-corrected chi connectivity index (χ3v) is 4.51. The van der Waals surface area contributed by atoms with Crippen molar-refractivity contribution in [1.29, 1.82) is 0 Å². The summed E-state index contributed by atoms with van der Waals surface area (Å²) >= 11 is 12.1. The second-order valence-electron chi connectivity index (χ2n) is 5.60. The molecule has 0 saturated carbocycles. The molecule has 0 aliphatic heterocycles. The first-order valence-corrected chi connectivity index (χ1v) is 8.55. The molecule has 144 valence electrons. The Hall–Kier alpha value is -1.97. The van der Waals surface area contributed by atoms with Gasteiger partial charge in [0, 0.05) is 35.6 Å². The SMILES string of the molecule is O=C(Nc1c(Cl)cncc1Cl)c1ccc(OC(F)F)c2oc3ccncc3c12.[NaH]. The van der Waals surface area contributed by atoms with E-state index in [1.807, 2.05) is 0 Å². The number of carbonyl (C=O) groups excluding carboxylic acids is 1. The quantitative estimate of drug-likeness (QED) is 0.450. The monoisotopic (exact) mass is 447 g/mol. The Labute approximate surface area is 194 Å². The van der Waals surface area contributed by atoms with Crippen molar-refractivity contribution in [3.05, 3.63) is 58.6 Å². The molecule has 0 radical (unpaired) electrons. The maximum absolute atomic E-state index is 12.9. The van der Waals surface area contributed by atoms with Crippen LogP contribution in [0.25, 0.3) is 21.9 Å². The van der Waals surface area contributed by atoms with Crippen LogP contribution in [0.3, 0.4) is 0 Å². The third-order valence-electron chi connectivity index (χ3n) is 3.94. The van der Waals surface area contributed by atoms with Crippen LogP contribution in [0.2, 0.25) is 10.0 Å². The number of alkyl halides is 2. The molecular weight excluding hydrogens is 438 g/mol. The average Bonchev–Trinajstić information content (AvgIpc) is 3.05. The molecule has 4 aromatic rings. The number of ether oxygens (including phenoxy) is 1. The average molecular weight is 448 g/mol.